The fraction of sp³-hybridized carbons (Fsp3) is 0.194. The van der Waals surface area contributed by atoms with Crippen LogP contribution in [0.15, 0.2) is 91.0 Å². The minimum Gasteiger partial charge on any atom is -0.449 e. The Hall–Kier alpha value is -5.17. The van der Waals surface area contributed by atoms with E-state index >= 15 is 0 Å². The summed E-state index contributed by atoms with van der Waals surface area (Å²) in [7, 11) is 2.07. The molecule has 0 spiro atoms. The second kappa shape index (κ2) is 11.6. The molecule has 0 atom stereocenters. The van der Waals surface area contributed by atoms with E-state index in [1.165, 1.54) is 0 Å². The molecule has 216 valence electrons. The second-order valence-electron chi connectivity index (χ2n) is 10.9. The monoisotopic (exact) mass is 570 g/mol. The van der Waals surface area contributed by atoms with Crippen molar-refractivity contribution in [2.24, 2.45) is 7.05 Å². The fourth-order valence-corrected chi connectivity index (χ4v) is 5.73. The van der Waals surface area contributed by atoms with Gasteiger partial charge in [0.1, 0.15) is 17.4 Å². The van der Waals surface area contributed by atoms with E-state index in [1.807, 2.05) is 42.5 Å². The number of imidazole rings is 2. The highest BCUT2D eigenvalue weighted by molar-refractivity contribution is 5.85. The number of aromatic nitrogens is 4. The van der Waals surface area contributed by atoms with Crippen molar-refractivity contribution in [2.75, 3.05) is 0 Å². The van der Waals surface area contributed by atoms with Crippen LogP contribution in [0.2, 0.25) is 0 Å². The number of para-hydroxylation sites is 1. The predicted octanol–water partition coefficient (Wildman–Crippen LogP) is 8.45. The highest BCUT2D eigenvalue weighted by atomic mass is 16.7. The van der Waals surface area contributed by atoms with Gasteiger partial charge >= 0.3 is 6.16 Å². The lowest BCUT2D eigenvalue weighted by atomic mass is 10.0. The van der Waals surface area contributed by atoms with Crippen molar-refractivity contribution in [2.45, 2.75) is 40.2 Å². The van der Waals surface area contributed by atoms with Crippen LogP contribution in [0.4, 0.5) is 4.79 Å². The first-order valence-electron chi connectivity index (χ1n) is 14.5. The van der Waals surface area contributed by atoms with Gasteiger partial charge in [0.05, 0.1) is 16.7 Å². The third-order valence-corrected chi connectivity index (χ3v) is 7.97. The average Bonchev–Trinajstić information content (AvgIpc) is 3.50. The lowest BCUT2D eigenvalue weighted by Gasteiger charge is -2.12. The minimum absolute atomic E-state index is 0.316. The Morgan fingerprint density at radius 2 is 1.58 bits per heavy atom. The fourth-order valence-electron chi connectivity index (χ4n) is 5.73. The average molecular weight is 571 g/mol. The van der Waals surface area contributed by atoms with E-state index in [0.717, 1.165) is 80.3 Å². The van der Waals surface area contributed by atoms with Gasteiger partial charge in [-0.25, -0.2) is 14.8 Å². The summed E-state index contributed by atoms with van der Waals surface area (Å²) in [5, 5.41) is 9.14. The topological polar surface area (TPSA) is 82.2 Å². The third-order valence-electron chi connectivity index (χ3n) is 7.97. The maximum Gasteiger partial charge on any atom is 0.511 e. The zero-order valence-corrected chi connectivity index (χ0v) is 24.8. The Balaban J connectivity index is 1.39. The third kappa shape index (κ3) is 5.42. The summed E-state index contributed by atoms with van der Waals surface area (Å²) >= 11 is 0. The Morgan fingerprint density at radius 1 is 0.860 bits per heavy atom. The Labute approximate surface area is 251 Å². The van der Waals surface area contributed by atoms with Crippen LogP contribution in [0.25, 0.3) is 44.8 Å². The zero-order valence-electron chi connectivity index (χ0n) is 24.8. The van der Waals surface area contributed by atoms with Crippen molar-refractivity contribution in [3.8, 4) is 39.5 Å². The van der Waals surface area contributed by atoms with Crippen molar-refractivity contribution in [1.29, 1.82) is 0 Å². The number of fused-ring (bicyclic) bond motifs is 1. The van der Waals surface area contributed by atoms with Crippen LogP contribution in [0.1, 0.15) is 36.0 Å². The second-order valence-corrected chi connectivity index (χ2v) is 10.9. The van der Waals surface area contributed by atoms with E-state index in [-0.39, 0.29) is 0 Å². The van der Waals surface area contributed by atoms with Gasteiger partial charge < -0.3 is 19.0 Å². The SMILES string of the molecule is CCCc1nc2c(C)cc(-c3nc(-c4ccccc4)c(C)n3C)cc2n1Cc1ccc(-c2ccccc2OC(=O)O)cc1. The zero-order chi connectivity index (χ0) is 30.1. The van der Waals surface area contributed by atoms with Gasteiger partial charge in [-0.3, -0.25) is 0 Å². The van der Waals surface area contributed by atoms with Crippen LogP contribution < -0.4 is 4.74 Å². The van der Waals surface area contributed by atoms with Gasteiger partial charge in [-0.05, 0) is 55.2 Å². The minimum atomic E-state index is -1.33. The molecule has 7 heteroatoms. The van der Waals surface area contributed by atoms with Crippen molar-refractivity contribution in [1.82, 2.24) is 19.1 Å². The number of aryl methyl sites for hydroxylation is 2. The lowest BCUT2D eigenvalue weighted by molar-refractivity contribution is 0.144. The number of carboxylic acid groups (broad SMARTS) is 1. The lowest BCUT2D eigenvalue weighted by Crippen LogP contribution is -2.06. The van der Waals surface area contributed by atoms with Crippen molar-refractivity contribution >= 4 is 17.2 Å². The van der Waals surface area contributed by atoms with Crippen LogP contribution in [0.5, 0.6) is 5.75 Å². The van der Waals surface area contributed by atoms with Gasteiger partial charge in [-0.15, -0.1) is 0 Å². The number of carbonyl (C=O) groups is 1. The molecule has 0 amide bonds. The summed E-state index contributed by atoms with van der Waals surface area (Å²) < 4.78 is 9.49. The molecule has 0 unspecified atom stereocenters. The molecule has 43 heavy (non-hydrogen) atoms. The highest BCUT2D eigenvalue weighted by Crippen LogP contribution is 2.33. The van der Waals surface area contributed by atoms with Crippen molar-refractivity contribution < 1.29 is 14.6 Å². The van der Waals surface area contributed by atoms with E-state index in [1.54, 1.807) is 12.1 Å². The van der Waals surface area contributed by atoms with Crippen molar-refractivity contribution in [3.05, 3.63) is 114 Å². The first kappa shape index (κ1) is 28.0. The van der Waals surface area contributed by atoms with E-state index < -0.39 is 6.16 Å². The molecule has 1 N–H and O–H groups in total. The molecule has 0 fully saturated rings. The Morgan fingerprint density at radius 3 is 2.30 bits per heavy atom. The van der Waals surface area contributed by atoms with E-state index in [0.29, 0.717) is 12.3 Å². The number of ether oxygens (including phenoxy) is 1. The number of nitrogens with zero attached hydrogens (tertiary/aromatic N) is 4. The smallest absolute Gasteiger partial charge is 0.449 e. The predicted molar refractivity (Wildman–Crippen MR) is 170 cm³/mol. The molecular weight excluding hydrogens is 536 g/mol. The maximum absolute atomic E-state index is 11.2. The van der Waals surface area contributed by atoms with Crippen LogP contribution >= 0.6 is 0 Å². The summed E-state index contributed by atoms with van der Waals surface area (Å²) in [4.78, 5) is 21.4. The molecule has 0 saturated carbocycles. The van der Waals surface area contributed by atoms with Crippen LogP contribution in [-0.4, -0.2) is 30.4 Å². The number of hydrogen-bond acceptors (Lipinski definition) is 4. The molecule has 6 aromatic rings. The van der Waals surface area contributed by atoms with Crippen molar-refractivity contribution in [3.63, 3.8) is 0 Å². The normalized spacial score (nSPS) is 11.3. The molecule has 0 radical (unpaired) electrons. The molecule has 2 heterocycles. The van der Waals surface area contributed by atoms with Crippen LogP contribution in [0.3, 0.4) is 0 Å². The van der Waals surface area contributed by atoms with E-state index in [2.05, 4.69) is 73.4 Å². The highest BCUT2D eigenvalue weighted by Gasteiger charge is 2.19. The Kier molecular flexibility index (Phi) is 7.55. The summed E-state index contributed by atoms with van der Waals surface area (Å²) in [6.07, 6.45) is 0.542. The molecule has 0 aliphatic heterocycles. The molecule has 2 aromatic heterocycles. The quantitative estimate of drug-likeness (QED) is 0.147. The summed E-state index contributed by atoms with van der Waals surface area (Å²) in [5.41, 5.74) is 10.3. The van der Waals surface area contributed by atoms with Gasteiger partial charge in [0.2, 0.25) is 0 Å². The maximum atomic E-state index is 11.2. The molecule has 4 aromatic carbocycles. The van der Waals surface area contributed by atoms with Crippen LogP contribution in [-0.2, 0) is 20.0 Å². The van der Waals surface area contributed by atoms with E-state index in [4.69, 9.17) is 19.8 Å². The standard InChI is InChI=1S/C36H34N4O3/c1-5-11-32-37-33-23(2)20-28(35-38-34(24(3)39(35)4)27-12-7-6-8-13-27)21-30(33)40(32)22-25-16-18-26(19-17-25)29-14-9-10-15-31(29)43-36(41)42/h6-10,12-21H,5,11,22H2,1-4H3,(H,41,42). The first-order valence-corrected chi connectivity index (χ1v) is 14.5. The largest absolute Gasteiger partial charge is 0.511 e. The summed E-state index contributed by atoms with van der Waals surface area (Å²) in [6.45, 7) is 7.08. The van der Waals surface area contributed by atoms with Gasteiger partial charge in [0, 0.05) is 42.4 Å². The van der Waals surface area contributed by atoms with Gasteiger partial charge in [0.15, 0.2) is 0 Å². The number of rotatable bonds is 8. The number of benzene rings is 4. The van der Waals surface area contributed by atoms with Gasteiger partial charge in [0.25, 0.3) is 0 Å². The van der Waals surface area contributed by atoms with Gasteiger partial charge in [-0.1, -0.05) is 79.7 Å². The molecule has 0 aliphatic carbocycles. The molecular formula is C36H34N4O3. The molecule has 0 saturated heterocycles. The van der Waals surface area contributed by atoms with E-state index in [9.17, 15) is 4.79 Å². The molecule has 7 nitrogen and oxygen atoms in total. The van der Waals surface area contributed by atoms with Gasteiger partial charge in [-0.2, -0.15) is 0 Å². The molecule has 6 rings (SSSR count). The van der Waals surface area contributed by atoms with Crippen LogP contribution in [0, 0.1) is 13.8 Å². The summed E-state index contributed by atoms with van der Waals surface area (Å²) in [6, 6.07) is 30.1. The molecule has 0 bridgehead atoms. The number of hydrogen-bond donors (Lipinski definition) is 1. The molecule has 0 aliphatic rings. The summed E-state index contributed by atoms with van der Waals surface area (Å²) in [5.74, 6) is 2.30. The first-order chi connectivity index (χ1) is 20.8. The Bertz CT molecular complexity index is 1940.